The normalized spacial score (nSPS) is 10.9. The molecule has 3 nitrogen and oxygen atoms in total. The number of carbonyl (C=O) groups excluding carboxylic acids is 2. The Balaban J connectivity index is 1.94. The van der Waals surface area contributed by atoms with Crippen LogP contribution in [0.2, 0.25) is 0 Å². The van der Waals surface area contributed by atoms with Crippen LogP contribution in [0.3, 0.4) is 0 Å². The van der Waals surface area contributed by atoms with Crippen LogP contribution in [0.5, 0.6) is 0 Å². The van der Waals surface area contributed by atoms with Crippen molar-refractivity contribution in [2.75, 3.05) is 0 Å². The monoisotopic (exact) mass is 358 g/mol. The van der Waals surface area contributed by atoms with E-state index in [4.69, 9.17) is 4.42 Å². The summed E-state index contributed by atoms with van der Waals surface area (Å²) in [6, 6.07) is 16.9. The Hall–Kier alpha value is -3.53. The maximum Gasteiger partial charge on any atom is 0.154 e. The molecule has 0 atom stereocenters. The molecule has 4 rings (SSSR count). The van der Waals surface area contributed by atoms with Crippen LogP contribution in [-0.2, 0) is 0 Å². The molecule has 132 valence electrons. The lowest BCUT2D eigenvalue weighted by Crippen LogP contribution is -1.87. The number of aldehydes is 2. The van der Waals surface area contributed by atoms with Crippen molar-refractivity contribution < 1.29 is 18.4 Å². The predicted octanol–water partition coefficient (Wildman–Crippen LogP) is 5.84. The quantitative estimate of drug-likeness (QED) is 0.431. The van der Waals surface area contributed by atoms with Gasteiger partial charge >= 0.3 is 0 Å². The van der Waals surface area contributed by atoms with E-state index in [2.05, 4.69) is 0 Å². The first-order chi connectivity index (χ1) is 13.1. The van der Waals surface area contributed by atoms with Gasteiger partial charge in [-0.1, -0.05) is 18.2 Å². The number of rotatable bonds is 4. The number of hydrogen-bond acceptors (Lipinski definition) is 3. The SMILES string of the molecule is Cc1cc2oc(-c3ccc(F)cc3)c(C=O)c2cc1-c1cccc(C=O)c1. The van der Waals surface area contributed by atoms with E-state index < -0.39 is 0 Å². The second-order valence-electron chi connectivity index (χ2n) is 6.38. The molecule has 0 bridgehead atoms. The molecule has 0 saturated heterocycles. The Morgan fingerprint density at radius 2 is 1.67 bits per heavy atom. The Bertz CT molecular complexity index is 1170. The molecule has 0 spiro atoms. The average molecular weight is 358 g/mol. The van der Waals surface area contributed by atoms with Gasteiger partial charge in [0.25, 0.3) is 0 Å². The lowest BCUT2D eigenvalue weighted by atomic mass is 9.96. The van der Waals surface area contributed by atoms with Gasteiger partial charge in [0.05, 0.1) is 5.56 Å². The molecule has 1 heterocycles. The van der Waals surface area contributed by atoms with Gasteiger partial charge in [0.1, 0.15) is 23.4 Å². The Kier molecular flexibility index (Phi) is 4.16. The molecule has 0 amide bonds. The fraction of sp³-hybridized carbons (Fsp3) is 0.0435. The van der Waals surface area contributed by atoms with Crippen molar-refractivity contribution in [3.8, 4) is 22.5 Å². The zero-order valence-corrected chi connectivity index (χ0v) is 14.5. The maximum atomic E-state index is 13.2. The van der Waals surface area contributed by atoms with Crippen LogP contribution in [0, 0.1) is 12.7 Å². The lowest BCUT2D eigenvalue weighted by Gasteiger charge is -2.07. The number of benzene rings is 3. The smallest absolute Gasteiger partial charge is 0.154 e. The standard InChI is InChI=1S/C23H15FO3/c1-14-9-22-20(11-19(14)17-4-2-3-15(10-17)12-25)21(13-26)23(27-22)16-5-7-18(24)8-6-16/h2-13H,1H3. The number of carbonyl (C=O) groups is 2. The second-order valence-corrected chi connectivity index (χ2v) is 6.38. The molecule has 4 heteroatoms. The Morgan fingerprint density at radius 3 is 2.37 bits per heavy atom. The molecule has 0 aliphatic rings. The van der Waals surface area contributed by atoms with Crippen LogP contribution < -0.4 is 0 Å². The minimum Gasteiger partial charge on any atom is -0.455 e. The van der Waals surface area contributed by atoms with Gasteiger partial charge in [-0.25, -0.2) is 4.39 Å². The van der Waals surface area contributed by atoms with Gasteiger partial charge < -0.3 is 4.42 Å². The van der Waals surface area contributed by atoms with Crippen LogP contribution in [0.1, 0.15) is 26.3 Å². The zero-order valence-electron chi connectivity index (χ0n) is 14.5. The highest BCUT2D eigenvalue weighted by molar-refractivity contribution is 6.04. The summed E-state index contributed by atoms with van der Waals surface area (Å²) in [5, 5.41) is 0.682. The van der Waals surface area contributed by atoms with Gasteiger partial charge in [0.2, 0.25) is 0 Å². The van der Waals surface area contributed by atoms with Crippen molar-refractivity contribution in [3.63, 3.8) is 0 Å². The molecule has 3 aromatic carbocycles. The van der Waals surface area contributed by atoms with Crippen molar-refractivity contribution in [2.45, 2.75) is 6.92 Å². The van der Waals surface area contributed by atoms with Crippen molar-refractivity contribution in [3.05, 3.63) is 83.2 Å². The molecule has 0 saturated carbocycles. The van der Waals surface area contributed by atoms with E-state index in [-0.39, 0.29) is 5.82 Å². The summed E-state index contributed by atoms with van der Waals surface area (Å²) in [4.78, 5) is 22.9. The number of halogens is 1. The van der Waals surface area contributed by atoms with Gasteiger partial charge in [0.15, 0.2) is 6.29 Å². The van der Waals surface area contributed by atoms with Crippen LogP contribution in [0.25, 0.3) is 33.4 Å². The molecule has 0 unspecified atom stereocenters. The largest absolute Gasteiger partial charge is 0.455 e. The van der Waals surface area contributed by atoms with Crippen molar-refractivity contribution >= 4 is 23.5 Å². The van der Waals surface area contributed by atoms with Crippen LogP contribution in [-0.4, -0.2) is 12.6 Å². The molecule has 0 radical (unpaired) electrons. The molecule has 1 aromatic heterocycles. The van der Waals surface area contributed by atoms with Crippen molar-refractivity contribution in [1.29, 1.82) is 0 Å². The minimum atomic E-state index is -0.351. The first-order valence-corrected chi connectivity index (χ1v) is 8.44. The second kappa shape index (κ2) is 6.65. The molecule has 0 aliphatic heterocycles. The Morgan fingerprint density at radius 1 is 0.889 bits per heavy atom. The highest BCUT2D eigenvalue weighted by atomic mass is 19.1. The molecule has 4 aromatic rings. The fourth-order valence-corrected chi connectivity index (χ4v) is 3.29. The average Bonchev–Trinajstić information content (AvgIpc) is 3.05. The van der Waals surface area contributed by atoms with E-state index in [1.807, 2.05) is 37.3 Å². The first kappa shape index (κ1) is 16.9. The third-order valence-corrected chi connectivity index (χ3v) is 4.63. The summed E-state index contributed by atoms with van der Waals surface area (Å²) in [5.41, 5.74) is 5.00. The molecular weight excluding hydrogens is 343 g/mol. The maximum absolute atomic E-state index is 13.2. The molecule has 0 aliphatic carbocycles. The third kappa shape index (κ3) is 2.95. The molecule has 27 heavy (non-hydrogen) atoms. The van der Waals surface area contributed by atoms with Gasteiger partial charge in [-0.05, 0) is 66.1 Å². The van der Waals surface area contributed by atoms with E-state index in [1.54, 1.807) is 18.2 Å². The van der Waals surface area contributed by atoms with E-state index in [1.165, 1.54) is 12.1 Å². The van der Waals surface area contributed by atoms with E-state index in [9.17, 15) is 14.0 Å². The molecular formula is C23H15FO3. The first-order valence-electron chi connectivity index (χ1n) is 8.44. The number of fused-ring (bicyclic) bond motifs is 1. The predicted molar refractivity (Wildman–Crippen MR) is 103 cm³/mol. The van der Waals surface area contributed by atoms with Gasteiger partial charge in [-0.15, -0.1) is 0 Å². The summed E-state index contributed by atoms with van der Waals surface area (Å²) in [5.74, 6) is 0.0638. The van der Waals surface area contributed by atoms with Gasteiger partial charge in [-0.3, -0.25) is 9.59 Å². The summed E-state index contributed by atoms with van der Waals surface area (Å²) >= 11 is 0. The van der Waals surface area contributed by atoms with Crippen molar-refractivity contribution in [2.24, 2.45) is 0 Å². The third-order valence-electron chi connectivity index (χ3n) is 4.63. The van der Waals surface area contributed by atoms with Crippen LogP contribution >= 0.6 is 0 Å². The topological polar surface area (TPSA) is 47.3 Å². The highest BCUT2D eigenvalue weighted by Crippen LogP contribution is 2.36. The van der Waals surface area contributed by atoms with Crippen molar-refractivity contribution in [1.82, 2.24) is 0 Å². The number of hydrogen-bond donors (Lipinski definition) is 0. The number of furan rings is 1. The lowest BCUT2D eigenvalue weighted by molar-refractivity contribution is 0.111. The minimum absolute atomic E-state index is 0.351. The van der Waals surface area contributed by atoms with E-state index in [0.29, 0.717) is 33.4 Å². The zero-order chi connectivity index (χ0) is 19.0. The fourth-order valence-electron chi connectivity index (χ4n) is 3.29. The number of aryl methyl sites for hydroxylation is 1. The Labute approximate surface area is 155 Å². The summed E-state index contributed by atoms with van der Waals surface area (Å²) in [6.45, 7) is 1.95. The summed E-state index contributed by atoms with van der Waals surface area (Å²) < 4.78 is 19.1. The van der Waals surface area contributed by atoms with E-state index >= 15 is 0 Å². The highest BCUT2D eigenvalue weighted by Gasteiger charge is 2.17. The summed E-state index contributed by atoms with van der Waals surface area (Å²) in [6.07, 6.45) is 1.56. The van der Waals surface area contributed by atoms with E-state index in [0.717, 1.165) is 29.3 Å². The molecule has 0 N–H and O–H groups in total. The van der Waals surface area contributed by atoms with Crippen LogP contribution in [0.15, 0.2) is 65.1 Å². The van der Waals surface area contributed by atoms with Crippen LogP contribution in [0.4, 0.5) is 4.39 Å². The van der Waals surface area contributed by atoms with Gasteiger partial charge in [-0.2, -0.15) is 0 Å². The summed E-state index contributed by atoms with van der Waals surface area (Å²) in [7, 11) is 0. The van der Waals surface area contributed by atoms with Gasteiger partial charge in [0, 0.05) is 16.5 Å². The molecule has 0 fully saturated rings.